The summed E-state index contributed by atoms with van der Waals surface area (Å²) in [6.45, 7) is 0. The van der Waals surface area contributed by atoms with Gasteiger partial charge in [-0.3, -0.25) is 4.79 Å². The smallest absolute Gasteiger partial charge is 0.303 e. The Balaban J connectivity index is 2.28. The van der Waals surface area contributed by atoms with Crippen LogP contribution >= 0.6 is 0 Å². The predicted octanol–water partition coefficient (Wildman–Crippen LogP) is 3.93. The van der Waals surface area contributed by atoms with E-state index in [-0.39, 0.29) is 11.3 Å². The average Bonchev–Trinajstić information content (AvgIpc) is 2.79. The molecule has 6 heteroatoms. The van der Waals surface area contributed by atoms with Gasteiger partial charge >= 0.3 is 6.18 Å². The van der Waals surface area contributed by atoms with Crippen LogP contribution in [0.5, 0.6) is 0 Å². The Kier molecular flexibility index (Phi) is 5.03. The van der Waals surface area contributed by atoms with Gasteiger partial charge in [0.25, 0.3) is 0 Å². The van der Waals surface area contributed by atoms with Gasteiger partial charge in [-0.1, -0.05) is 18.2 Å². The summed E-state index contributed by atoms with van der Waals surface area (Å²) in [5.74, 6) is -0.216. The number of hydrogen-bond acceptors (Lipinski definition) is 3. The number of hydrazone groups is 1. The molecule has 0 N–H and O–H groups in total. The third-order valence-electron chi connectivity index (χ3n) is 3.42. The lowest BCUT2D eigenvalue weighted by Crippen LogP contribution is -2.07. The van der Waals surface area contributed by atoms with E-state index in [1.165, 1.54) is 30.5 Å². The van der Waals surface area contributed by atoms with E-state index in [0.717, 1.165) is 6.07 Å². The highest BCUT2D eigenvalue weighted by Gasteiger charge is 2.33. The Morgan fingerprint density at radius 2 is 1.78 bits per heavy atom. The maximum absolute atomic E-state index is 13.0. The Bertz CT molecular complexity index is 685. The largest absolute Gasteiger partial charge is 0.416 e. The van der Waals surface area contributed by atoms with Crippen LogP contribution in [0.1, 0.15) is 24.0 Å². The predicted molar refractivity (Wildman–Crippen MR) is 83.9 cm³/mol. The second-order valence-corrected chi connectivity index (χ2v) is 5.39. The van der Waals surface area contributed by atoms with Crippen LogP contribution in [0.15, 0.2) is 46.6 Å². The Morgan fingerprint density at radius 1 is 1.13 bits per heavy atom. The number of benzene rings is 1. The highest BCUT2D eigenvalue weighted by molar-refractivity contribution is 6.14. The van der Waals surface area contributed by atoms with Crippen molar-refractivity contribution >= 4 is 18.1 Å². The molecule has 0 unspecified atom stereocenters. The zero-order valence-electron chi connectivity index (χ0n) is 12.9. The van der Waals surface area contributed by atoms with Crippen molar-refractivity contribution in [3.8, 4) is 0 Å². The second kappa shape index (κ2) is 6.81. The van der Waals surface area contributed by atoms with Crippen LogP contribution < -0.4 is 0 Å². The van der Waals surface area contributed by atoms with E-state index in [1.807, 2.05) is 0 Å². The van der Waals surface area contributed by atoms with Crippen LogP contribution in [0.25, 0.3) is 6.08 Å². The number of alkyl halides is 3. The zero-order valence-corrected chi connectivity index (χ0v) is 12.9. The van der Waals surface area contributed by atoms with Crippen LogP contribution in [0.3, 0.4) is 0 Å². The van der Waals surface area contributed by atoms with Gasteiger partial charge in [0.15, 0.2) is 5.78 Å². The quantitative estimate of drug-likeness (QED) is 0.480. The molecule has 1 aromatic rings. The number of hydrogen-bond donors (Lipinski definition) is 0. The van der Waals surface area contributed by atoms with Crippen molar-refractivity contribution in [3.05, 3.63) is 52.6 Å². The van der Waals surface area contributed by atoms with E-state index >= 15 is 0 Å². The van der Waals surface area contributed by atoms with Crippen molar-refractivity contribution in [2.75, 3.05) is 14.1 Å². The number of Topliss-reactive ketones (excluding diaryl/α,β-unsaturated/α-hetero) is 1. The van der Waals surface area contributed by atoms with Gasteiger partial charge in [-0.2, -0.15) is 18.3 Å². The van der Waals surface area contributed by atoms with Gasteiger partial charge in [-0.15, -0.1) is 0 Å². The first-order valence-corrected chi connectivity index (χ1v) is 7.11. The van der Waals surface area contributed by atoms with Gasteiger partial charge in [0.1, 0.15) is 0 Å². The van der Waals surface area contributed by atoms with E-state index in [1.54, 1.807) is 25.2 Å². The normalized spacial score (nSPS) is 19.3. The summed E-state index contributed by atoms with van der Waals surface area (Å²) in [6, 6.07) is 5.26. The number of carbonyl (C=O) groups is 1. The molecule has 1 fully saturated rings. The first-order chi connectivity index (χ1) is 10.8. The molecule has 1 aliphatic carbocycles. The fraction of sp³-hybridized carbons (Fsp3) is 0.294. The summed E-state index contributed by atoms with van der Waals surface area (Å²) in [5, 5.41) is 5.58. The van der Waals surface area contributed by atoms with Crippen LogP contribution in [0.2, 0.25) is 0 Å². The molecule has 122 valence electrons. The minimum Gasteiger partial charge on any atom is -0.303 e. The lowest BCUT2D eigenvalue weighted by molar-refractivity contribution is -0.137. The first-order valence-electron chi connectivity index (χ1n) is 7.11. The summed E-state index contributed by atoms with van der Waals surface area (Å²) in [4.78, 5) is 12.3. The third-order valence-corrected chi connectivity index (χ3v) is 3.42. The molecule has 2 rings (SSSR count). The minimum absolute atomic E-state index is 0.0200. The molecular formula is C17H17F3N2O. The number of ketones is 1. The van der Waals surface area contributed by atoms with Crippen LogP contribution in [0, 0.1) is 0 Å². The lowest BCUT2D eigenvalue weighted by Gasteiger charge is -2.10. The molecular weight excluding hydrogens is 305 g/mol. The van der Waals surface area contributed by atoms with E-state index in [9.17, 15) is 18.0 Å². The summed E-state index contributed by atoms with van der Waals surface area (Å²) in [6.07, 6.45) is 0.977. The molecule has 1 aliphatic rings. The van der Waals surface area contributed by atoms with Crippen LogP contribution in [-0.4, -0.2) is 31.1 Å². The molecule has 23 heavy (non-hydrogen) atoms. The summed E-state index contributed by atoms with van der Waals surface area (Å²) < 4.78 is 39.0. The molecule has 0 radical (unpaired) electrons. The van der Waals surface area contributed by atoms with E-state index in [4.69, 9.17) is 0 Å². The van der Waals surface area contributed by atoms with Crippen molar-refractivity contribution in [2.45, 2.75) is 19.0 Å². The van der Waals surface area contributed by atoms with E-state index < -0.39 is 11.7 Å². The van der Waals surface area contributed by atoms with Gasteiger partial charge in [-0.25, -0.2) is 0 Å². The van der Waals surface area contributed by atoms with Gasteiger partial charge in [0.2, 0.25) is 0 Å². The summed E-state index contributed by atoms with van der Waals surface area (Å²) in [7, 11) is 3.51. The zero-order chi connectivity index (χ0) is 17.0. The number of rotatable bonds is 3. The SMILES string of the molecule is CN(C)N=CC=C1CCC(=Cc2ccccc2C(F)(F)F)C1=O. The molecule has 0 saturated heterocycles. The summed E-state index contributed by atoms with van der Waals surface area (Å²) in [5.41, 5.74) is 0.246. The van der Waals surface area contributed by atoms with Crippen molar-refractivity contribution in [1.82, 2.24) is 5.01 Å². The molecule has 3 nitrogen and oxygen atoms in total. The Hall–Kier alpha value is -2.37. The first kappa shape index (κ1) is 17.0. The topological polar surface area (TPSA) is 32.7 Å². The Morgan fingerprint density at radius 3 is 2.43 bits per heavy atom. The number of carbonyl (C=O) groups excluding carboxylic acids is 1. The van der Waals surface area contributed by atoms with Gasteiger partial charge < -0.3 is 5.01 Å². The average molecular weight is 322 g/mol. The summed E-state index contributed by atoms with van der Waals surface area (Å²) >= 11 is 0. The van der Waals surface area contributed by atoms with Crippen molar-refractivity contribution in [1.29, 1.82) is 0 Å². The maximum Gasteiger partial charge on any atom is 0.416 e. The molecule has 0 bridgehead atoms. The minimum atomic E-state index is -4.44. The maximum atomic E-state index is 13.0. The molecule has 0 atom stereocenters. The highest BCUT2D eigenvalue weighted by atomic mass is 19.4. The third kappa shape index (κ3) is 4.31. The van der Waals surface area contributed by atoms with Crippen molar-refractivity contribution in [2.24, 2.45) is 5.10 Å². The number of allylic oxidation sites excluding steroid dienone is 3. The fourth-order valence-corrected chi connectivity index (χ4v) is 2.32. The molecule has 0 spiro atoms. The number of nitrogens with zero attached hydrogens (tertiary/aromatic N) is 2. The second-order valence-electron chi connectivity index (χ2n) is 5.39. The molecule has 0 amide bonds. The number of halogens is 3. The van der Waals surface area contributed by atoms with Crippen LogP contribution in [-0.2, 0) is 11.0 Å². The highest BCUT2D eigenvalue weighted by Crippen LogP contribution is 2.34. The van der Waals surface area contributed by atoms with E-state index in [0.29, 0.717) is 24.0 Å². The fourth-order valence-electron chi connectivity index (χ4n) is 2.32. The molecule has 0 aliphatic heterocycles. The molecule has 0 aromatic heterocycles. The monoisotopic (exact) mass is 322 g/mol. The molecule has 1 aromatic carbocycles. The van der Waals surface area contributed by atoms with Crippen molar-refractivity contribution < 1.29 is 18.0 Å². The van der Waals surface area contributed by atoms with Gasteiger partial charge in [0.05, 0.1) is 5.56 Å². The van der Waals surface area contributed by atoms with E-state index in [2.05, 4.69) is 5.10 Å². The lowest BCUT2D eigenvalue weighted by atomic mass is 10.0. The van der Waals surface area contributed by atoms with Gasteiger partial charge in [0, 0.05) is 31.5 Å². The molecule has 1 saturated carbocycles. The Labute approximate surface area is 132 Å². The standard InChI is InChI=1S/C17H17F3N2O/c1-22(2)21-10-9-12-7-8-14(16(12)23)11-13-5-3-4-6-15(13)17(18,19)20/h3-6,9-11H,7-8H2,1-2H3. The van der Waals surface area contributed by atoms with Crippen LogP contribution in [0.4, 0.5) is 13.2 Å². The van der Waals surface area contributed by atoms with Crippen molar-refractivity contribution in [3.63, 3.8) is 0 Å². The molecule has 0 heterocycles. The van der Waals surface area contributed by atoms with Gasteiger partial charge in [-0.05, 0) is 36.6 Å².